The second-order valence-corrected chi connectivity index (χ2v) is 9.52. The highest BCUT2D eigenvalue weighted by Gasteiger charge is 2.25. The summed E-state index contributed by atoms with van der Waals surface area (Å²) in [6.45, 7) is -0.371. The van der Waals surface area contributed by atoms with Crippen LogP contribution in [0.25, 0.3) is 11.0 Å². The van der Waals surface area contributed by atoms with Crippen LogP contribution < -0.4 is 9.47 Å². The number of imidazole rings is 1. The van der Waals surface area contributed by atoms with Crippen molar-refractivity contribution >= 4 is 17.0 Å². The van der Waals surface area contributed by atoms with Gasteiger partial charge in [0.05, 0.1) is 24.7 Å². The Morgan fingerprint density at radius 1 is 1.05 bits per heavy atom. The Morgan fingerprint density at radius 3 is 2.54 bits per heavy atom. The Hall–Kier alpha value is -4.05. The van der Waals surface area contributed by atoms with Gasteiger partial charge >= 0.3 is 12.6 Å². The van der Waals surface area contributed by atoms with E-state index in [1.165, 1.54) is 13.2 Å². The molecule has 39 heavy (non-hydrogen) atoms. The summed E-state index contributed by atoms with van der Waals surface area (Å²) >= 11 is 0. The van der Waals surface area contributed by atoms with Crippen molar-refractivity contribution in [2.45, 2.75) is 38.5 Å². The molecular formula is C29H30F2N4O4. The van der Waals surface area contributed by atoms with Crippen molar-refractivity contribution in [2.75, 3.05) is 20.2 Å². The quantitative estimate of drug-likeness (QED) is 0.268. The van der Waals surface area contributed by atoms with Gasteiger partial charge in [-0.25, -0.2) is 14.8 Å². The minimum Gasteiger partial charge on any atom is -0.473 e. The van der Waals surface area contributed by atoms with Crippen molar-refractivity contribution in [2.24, 2.45) is 7.05 Å². The van der Waals surface area contributed by atoms with Crippen molar-refractivity contribution in [1.29, 1.82) is 0 Å². The van der Waals surface area contributed by atoms with Gasteiger partial charge in [0.15, 0.2) is 5.75 Å². The summed E-state index contributed by atoms with van der Waals surface area (Å²) < 4.78 is 43.3. The second-order valence-electron chi connectivity index (χ2n) is 9.52. The van der Waals surface area contributed by atoms with E-state index in [2.05, 4.69) is 14.6 Å². The minimum absolute atomic E-state index is 0.124. The lowest BCUT2D eigenvalue weighted by Crippen LogP contribution is -2.33. The van der Waals surface area contributed by atoms with E-state index in [-0.39, 0.29) is 16.8 Å². The Bertz CT molecular complexity index is 1440. The fourth-order valence-corrected chi connectivity index (χ4v) is 4.92. The predicted molar refractivity (Wildman–Crippen MR) is 141 cm³/mol. The van der Waals surface area contributed by atoms with E-state index >= 15 is 0 Å². The van der Waals surface area contributed by atoms with Crippen LogP contribution in [-0.4, -0.2) is 52.2 Å². The molecule has 3 heterocycles. The van der Waals surface area contributed by atoms with Crippen molar-refractivity contribution in [1.82, 2.24) is 19.4 Å². The molecule has 1 saturated heterocycles. The third kappa shape index (κ3) is 6.17. The summed E-state index contributed by atoms with van der Waals surface area (Å²) in [5.41, 5.74) is 3.04. The van der Waals surface area contributed by atoms with Gasteiger partial charge in [0.1, 0.15) is 17.9 Å². The first-order valence-corrected chi connectivity index (χ1v) is 12.8. The average Bonchev–Trinajstić information content (AvgIpc) is 3.27. The number of ether oxygens (including phenoxy) is 3. The van der Waals surface area contributed by atoms with E-state index in [0.717, 1.165) is 37.2 Å². The Labute approximate surface area is 225 Å². The number of hydrogen-bond donors (Lipinski definition) is 0. The molecule has 2 aromatic heterocycles. The molecule has 2 aromatic carbocycles. The van der Waals surface area contributed by atoms with Gasteiger partial charge in [-0.1, -0.05) is 36.4 Å². The molecule has 0 spiro atoms. The van der Waals surface area contributed by atoms with Crippen LogP contribution >= 0.6 is 0 Å². The maximum atomic E-state index is 13.1. The van der Waals surface area contributed by atoms with Crippen LogP contribution in [0.2, 0.25) is 0 Å². The molecule has 1 aliphatic rings. The number of aryl methyl sites for hydroxylation is 1. The van der Waals surface area contributed by atoms with Crippen LogP contribution in [0.5, 0.6) is 11.6 Å². The Kier molecular flexibility index (Phi) is 8.02. The van der Waals surface area contributed by atoms with Gasteiger partial charge in [-0.05, 0) is 49.7 Å². The van der Waals surface area contributed by atoms with Gasteiger partial charge in [-0.2, -0.15) is 8.78 Å². The molecule has 0 amide bonds. The van der Waals surface area contributed by atoms with Crippen molar-refractivity contribution < 1.29 is 27.8 Å². The zero-order valence-corrected chi connectivity index (χ0v) is 21.8. The van der Waals surface area contributed by atoms with Gasteiger partial charge in [-0.15, -0.1) is 0 Å². The molecule has 0 radical (unpaired) electrons. The zero-order chi connectivity index (χ0) is 27.4. The van der Waals surface area contributed by atoms with Gasteiger partial charge in [0.2, 0.25) is 5.88 Å². The standard InChI is InChI=1S/C29H30F2N4O4/c1-34-23-15-21(28(36)37-2)16-24(39-29(30)31)27(23)33-25(34)17-35-13-11-20(12-14-35)22-9-6-10-26(32-22)38-18-19-7-4-3-5-8-19/h3-10,15-16,20,29H,11-14,17-18H2,1-2H3. The third-order valence-electron chi connectivity index (χ3n) is 7.03. The van der Waals surface area contributed by atoms with E-state index in [4.69, 9.17) is 14.5 Å². The van der Waals surface area contributed by atoms with Gasteiger partial charge in [-0.3, -0.25) is 4.90 Å². The monoisotopic (exact) mass is 536 g/mol. The van der Waals surface area contributed by atoms with Crippen LogP contribution in [0.4, 0.5) is 8.78 Å². The van der Waals surface area contributed by atoms with E-state index in [1.807, 2.05) is 48.5 Å². The molecule has 8 nitrogen and oxygen atoms in total. The van der Waals surface area contributed by atoms with E-state index in [0.29, 0.717) is 36.3 Å². The summed E-state index contributed by atoms with van der Waals surface area (Å²) in [6, 6.07) is 18.7. The number of fused-ring (bicyclic) bond motifs is 1. The molecule has 0 aliphatic carbocycles. The minimum atomic E-state index is -3.04. The number of carbonyl (C=O) groups excluding carboxylic acids is 1. The van der Waals surface area contributed by atoms with Crippen molar-refractivity contribution in [3.63, 3.8) is 0 Å². The number of benzene rings is 2. The van der Waals surface area contributed by atoms with Crippen molar-refractivity contribution in [3.05, 3.63) is 83.3 Å². The molecule has 0 atom stereocenters. The highest BCUT2D eigenvalue weighted by Crippen LogP contribution is 2.32. The molecule has 0 saturated carbocycles. The first-order chi connectivity index (χ1) is 18.9. The number of pyridine rings is 1. The fourth-order valence-electron chi connectivity index (χ4n) is 4.92. The number of alkyl halides is 2. The van der Waals surface area contributed by atoms with Crippen LogP contribution in [0.3, 0.4) is 0 Å². The topological polar surface area (TPSA) is 78.7 Å². The maximum Gasteiger partial charge on any atom is 0.387 e. The summed E-state index contributed by atoms with van der Waals surface area (Å²) in [7, 11) is 3.04. The highest BCUT2D eigenvalue weighted by molar-refractivity contribution is 5.96. The SMILES string of the molecule is COC(=O)c1cc(OC(F)F)c2nc(CN3CCC(c4cccc(OCc5ccccc5)n4)CC3)n(C)c2c1. The molecule has 4 aromatic rings. The first-order valence-electron chi connectivity index (χ1n) is 12.8. The lowest BCUT2D eigenvalue weighted by molar-refractivity contribution is -0.0489. The number of hydrogen-bond acceptors (Lipinski definition) is 7. The van der Waals surface area contributed by atoms with Gasteiger partial charge < -0.3 is 18.8 Å². The second kappa shape index (κ2) is 11.8. The third-order valence-corrected chi connectivity index (χ3v) is 7.03. The smallest absolute Gasteiger partial charge is 0.387 e. The Morgan fingerprint density at radius 2 is 1.82 bits per heavy atom. The number of esters is 1. The van der Waals surface area contributed by atoms with Crippen LogP contribution in [0.1, 0.15) is 46.2 Å². The van der Waals surface area contributed by atoms with Crippen LogP contribution in [0, 0.1) is 0 Å². The molecule has 0 unspecified atom stereocenters. The molecule has 10 heteroatoms. The predicted octanol–water partition coefficient (Wildman–Crippen LogP) is 5.31. The number of nitrogens with zero attached hydrogens (tertiary/aromatic N) is 4. The maximum absolute atomic E-state index is 13.1. The number of likely N-dealkylation sites (tertiary alicyclic amines) is 1. The molecule has 1 fully saturated rings. The number of rotatable bonds is 9. The average molecular weight is 537 g/mol. The summed E-state index contributed by atoms with van der Waals surface area (Å²) in [4.78, 5) is 23.7. The fraction of sp³-hybridized carbons (Fsp3) is 0.345. The largest absolute Gasteiger partial charge is 0.473 e. The van der Waals surface area contributed by atoms with Crippen molar-refractivity contribution in [3.8, 4) is 11.6 Å². The molecule has 1 aliphatic heterocycles. The number of carbonyl (C=O) groups is 1. The lowest BCUT2D eigenvalue weighted by atomic mass is 9.93. The number of halogens is 2. The summed E-state index contributed by atoms with van der Waals surface area (Å²) in [5, 5.41) is 0. The number of methoxy groups -OCH3 is 1. The summed E-state index contributed by atoms with van der Waals surface area (Å²) in [6.07, 6.45) is 1.84. The van der Waals surface area contributed by atoms with Gasteiger partial charge in [0.25, 0.3) is 0 Å². The zero-order valence-electron chi connectivity index (χ0n) is 21.8. The molecule has 204 valence electrons. The first kappa shape index (κ1) is 26.6. The van der Waals surface area contributed by atoms with E-state index < -0.39 is 12.6 Å². The molecular weight excluding hydrogens is 506 g/mol. The van der Waals surface area contributed by atoms with E-state index in [9.17, 15) is 13.6 Å². The van der Waals surface area contributed by atoms with E-state index in [1.54, 1.807) is 17.7 Å². The normalized spacial score (nSPS) is 14.6. The molecule has 5 rings (SSSR count). The summed E-state index contributed by atoms with van der Waals surface area (Å²) in [5.74, 6) is 0.842. The highest BCUT2D eigenvalue weighted by atomic mass is 19.3. The van der Waals surface area contributed by atoms with Crippen LogP contribution in [-0.2, 0) is 24.9 Å². The van der Waals surface area contributed by atoms with Gasteiger partial charge in [0, 0.05) is 24.7 Å². The lowest BCUT2D eigenvalue weighted by Gasteiger charge is -2.31. The van der Waals surface area contributed by atoms with Crippen LogP contribution in [0.15, 0.2) is 60.7 Å². The Balaban J connectivity index is 1.25. The number of aromatic nitrogens is 3. The molecule has 0 bridgehead atoms. The molecule has 0 N–H and O–H groups in total. The number of piperidine rings is 1.